The van der Waals surface area contributed by atoms with E-state index >= 15 is 0 Å². The predicted octanol–water partition coefficient (Wildman–Crippen LogP) is 1.43. The second kappa shape index (κ2) is 9.93. The molecule has 10 nitrogen and oxygen atoms in total. The molecule has 0 radical (unpaired) electrons. The lowest BCUT2D eigenvalue weighted by molar-refractivity contribution is 0.169. The number of halogens is 1. The molecule has 1 fully saturated rings. The summed E-state index contributed by atoms with van der Waals surface area (Å²) in [5.74, 6) is 1.18. The highest BCUT2D eigenvalue weighted by molar-refractivity contribution is 5.85. The van der Waals surface area contributed by atoms with Gasteiger partial charge in [-0.2, -0.15) is 5.26 Å². The first kappa shape index (κ1) is 24.3. The summed E-state index contributed by atoms with van der Waals surface area (Å²) >= 11 is 0. The Bertz CT molecular complexity index is 1450. The molecule has 5 heterocycles. The molecule has 36 heavy (non-hydrogen) atoms. The number of nitrogens with one attached hydrogen (secondary N) is 1. The quantitative estimate of drug-likeness (QED) is 0.548. The van der Waals surface area contributed by atoms with Gasteiger partial charge in [0, 0.05) is 31.7 Å². The Morgan fingerprint density at radius 2 is 1.92 bits per heavy atom. The predicted molar refractivity (Wildman–Crippen MR) is 135 cm³/mol. The molecular formula is C25H27ClN6O4. The Morgan fingerprint density at radius 1 is 1.11 bits per heavy atom. The van der Waals surface area contributed by atoms with Crippen molar-refractivity contribution in [1.82, 2.24) is 24.3 Å². The first-order valence-corrected chi connectivity index (χ1v) is 12.0. The van der Waals surface area contributed by atoms with Gasteiger partial charge in [-0.3, -0.25) is 18.7 Å². The third-order valence-corrected chi connectivity index (χ3v) is 7.15. The maximum atomic E-state index is 12.6. The number of nitriles is 1. The number of nitrogens with zero attached hydrogens (tertiary/aromatic N) is 5. The van der Waals surface area contributed by atoms with Crippen LogP contribution < -0.4 is 25.9 Å². The average Bonchev–Trinajstić information content (AvgIpc) is 3.28. The van der Waals surface area contributed by atoms with Crippen LogP contribution in [0.5, 0.6) is 11.5 Å². The van der Waals surface area contributed by atoms with Gasteiger partial charge in [0.2, 0.25) is 0 Å². The van der Waals surface area contributed by atoms with Crippen LogP contribution in [-0.2, 0) is 13.1 Å². The summed E-state index contributed by atoms with van der Waals surface area (Å²) in [7, 11) is 0. The fourth-order valence-corrected chi connectivity index (χ4v) is 5.44. The van der Waals surface area contributed by atoms with Gasteiger partial charge in [0.15, 0.2) is 11.5 Å². The maximum absolute atomic E-state index is 12.6. The zero-order valence-electron chi connectivity index (χ0n) is 19.7. The molecule has 1 atom stereocenters. The Balaban J connectivity index is 0.00000267. The average molecular weight is 511 g/mol. The summed E-state index contributed by atoms with van der Waals surface area (Å²) in [5.41, 5.74) is 2.56. The van der Waals surface area contributed by atoms with Gasteiger partial charge in [0.1, 0.15) is 30.4 Å². The molecule has 0 spiro atoms. The Kier molecular flexibility index (Phi) is 6.71. The van der Waals surface area contributed by atoms with Crippen molar-refractivity contribution in [3.8, 4) is 17.6 Å². The van der Waals surface area contributed by atoms with Crippen molar-refractivity contribution in [2.75, 3.05) is 32.8 Å². The summed E-state index contributed by atoms with van der Waals surface area (Å²) in [6.45, 7) is 4.65. The van der Waals surface area contributed by atoms with E-state index in [1.165, 1.54) is 12.3 Å². The lowest BCUT2D eigenvalue weighted by Crippen LogP contribution is -2.44. The molecule has 0 amide bonds. The molecule has 3 aliphatic rings. The number of fused-ring (bicyclic) bond motifs is 1. The van der Waals surface area contributed by atoms with Crippen molar-refractivity contribution < 1.29 is 9.47 Å². The number of hydrogen-bond acceptors (Lipinski definition) is 8. The second-order valence-corrected chi connectivity index (χ2v) is 9.35. The maximum Gasteiger partial charge on any atom is 0.270 e. The van der Waals surface area contributed by atoms with Gasteiger partial charge in [-0.1, -0.05) is 0 Å². The van der Waals surface area contributed by atoms with Crippen LogP contribution in [-0.4, -0.2) is 57.9 Å². The highest BCUT2D eigenvalue weighted by Crippen LogP contribution is 2.35. The van der Waals surface area contributed by atoms with E-state index in [1.54, 1.807) is 15.2 Å². The fourth-order valence-electron chi connectivity index (χ4n) is 5.44. The summed E-state index contributed by atoms with van der Waals surface area (Å²) < 4.78 is 14.7. The van der Waals surface area contributed by atoms with Crippen LogP contribution >= 0.6 is 12.4 Å². The number of rotatable bonds is 5. The number of aromatic nitrogens is 3. The van der Waals surface area contributed by atoms with E-state index in [2.05, 4.69) is 21.3 Å². The van der Waals surface area contributed by atoms with Crippen LogP contribution in [0.2, 0.25) is 0 Å². The Morgan fingerprint density at radius 3 is 2.72 bits per heavy atom. The molecule has 2 aromatic heterocycles. The molecule has 188 valence electrons. The van der Waals surface area contributed by atoms with Crippen molar-refractivity contribution in [3.05, 3.63) is 62.3 Å². The third kappa shape index (κ3) is 4.34. The van der Waals surface area contributed by atoms with Crippen LogP contribution in [0.15, 0.2) is 40.1 Å². The summed E-state index contributed by atoms with van der Waals surface area (Å²) in [5, 5.41) is 13.1. The number of benzene rings is 1. The van der Waals surface area contributed by atoms with E-state index in [9.17, 15) is 14.9 Å². The van der Waals surface area contributed by atoms with Crippen LogP contribution in [0.3, 0.4) is 0 Å². The molecule has 3 aliphatic heterocycles. The molecule has 1 N–H and O–H groups in total. The van der Waals surface area contributed by atoms with Gasteiger partial charge in [-0.25, -0.2) is 4.98 Å². The van der Waals surface area contributed by atoms with E-state index in [-0.39, 0.29) is 29.6 Å². The van der Waals surface area contributed by atoms with Gasteiger partial charge in [0.05, 0.1) is 17.8 Å². The summed E-state index contributed by atoms with van der Waals surface area (Å²) in [6.07, 6.45) is 3.31. The van der Waals surface area contributed by atoms with Gasteiger partial charge >= 0.3 is 0 Å². The smallest absolute Gasteiger partial charge is 0.270 e. The summed E-state index contributed by atoms with van der Waals surface area (Å²) in [4.78, 5) is 31.5. The number of pyridine rings is 1. The SMILES string of the molecule is Cl.N#Cc1cc(CNC2CCN(C[C@@H]3Cn4c(=O)ccc5ncc(=O)n3c54)CC2)cc2c1OCCO2. The number of likely N-dealkylation sites (tertiary alicyclic amines) is 1. The lowest BCUT2D eigenvalue weighted by atomic mass is 10.0. The van der Waals surface area contributed by atoms with Crippen molar-refractivity contribution in [1.29, 1.82) is 5.26 Å². The molecule has 1 saturated heterocycles. The van der Waals surface area contributed by atoms with Crippen molar-refractivity contribution in [3.63, 3.8) is 0 Å². The zero-order chi connectivity index (χ0) is 23.9. The fraction of sp³-hybridized carbons (Fsp3) is 0.440. The van der Waals surface area contributed by atoms with E-state index in [4.69, 9.17) is 9.47 Å². The largest absolute Gasteiger partial charge is 0.486 e. The number of ether oxygens (including phenoxy) is 2. The minimum Gasteiger partial charge on any atom is -0.486 e. The molecule has 0 unspecified atom stereocenters. The highest BCUT2D eigenvalue weighted by atomic mass is 35.5. The summed E-state index contributed by atoms with van der Waals surface area (Å²) in [6, 6.07) is 9.51. The molecule has 0 aliphatic carbocycles. The third-order valence-electron chi connectivity index (χ3n) is 7.15. The topological polar surface area (TPSA) is 114 Å². The molecular weight excluding hydrogens is 484 g/mol. The molecule has 11 heteroatoms. The Labute approximate surface area is 213 Å². The number of piperidine rings is 1. The van der Waals surface area contributed by atoms with Gasteiger partial charge < -0.3 is 19.7 Å². The van der Waals surface area contributed by atoms with E-state index in [0.717, 1.165) is 38.0 Å². The van der Waals surface area contributed by atoms with E-state index in [1.807, 2.05) is 12.1 Å². The van der Waals surface area contributed by atoms with Gasteiger partial charge in [0.25, 0.3) is 11.1 Å². The van der Waals surface area contributed by atoms with E-state index < -0.39 is 0 Å². The van der Waals surface area contributed by atoms with Crippen molar-refractivity contribution >= 4 is 23.6 Å². The van der Waals surface area contributed by atoms with Crippen LogP contribution in [0, 0.1) is 11.3 Å². The zero-order valence-corrected chi connectivity index (χ0v) is 20.5. The second-order valence-electron chi connectivity index (χ2n) is 9.35. The Hall–Kier alpha value is -3.39. The molecule has 0 saturated carbocycles. The normalized spacial score (nSPS) is 19.1. The van der Waals surface area contributed by atoms with Crippen molar-refractivity contribution in [2.24, 2.45) is 0 Å². The first-order valence-electron chi connectivity index (χ1n) is 12.0. The van der Waals surface area contributed by atoms with Crippen LogP contribution in [0.1, 0.15) is 30.0 Å². The standard InChI is InChI=1S/C25H26N6O4.ClH/c26-11-17-9-16(10-21-24(17)35-8-7-34-21)12-27-18-3-5-29(6-4-18)14-19-15-30-22(32)2-1-20-25(30)31(19)23(33)13-28-20;/h1-2,9-10,13,18-19,27H,3-8,12,14-15H2;1H/t19-;/m1./s1. The minimum absolute atomic E-state index is 0. The van der Waals surface area contributed by atoms with Crippen LogP contribution in [0.4, 0.5) is 0 Å². The monoisotopic (exact) mass is 510 g/mol. The lowest BCUT2D eigenvalue weighted by Gasteiger charge is -2.34. The molecule has 0 bridgehead atoms. The number of hydrogen-bond donors (Lipinski definition) is 1. The van der Waals surface area contributed by atoms with Crippen LogP contribution in [0.25, 0.3) is 11.2 Å². The highest BCUT2D eigenvalue weighted by Gasteiger charge is 2.29. The van der Waals surface area contributed by atoms with Crippen molar-refractivity contribution in [2.45, 2.75) is 38.0 Å². The molecule has 6 rings (SSSR count). The molecule has 3 aromatic rings. The van der Waals surface area contributed by atoms with Gasteiger partial charge in [-0.15, -0.1) is 12.4 Å². The van der Waals surface area contributed by atoms with Gasteiger partial charge in [-0.05, 0) is 49.7 Å². The first-order chi connectivity index (χ1) is 17.1. The minimum atomic E-state index is -0.160. The molecule has 1 aromatic carbocycles. The van der Waals surface area contributed by atoms with E-state index in [0.29, 0.717) is 60.6 Å².